The van der Waals surface area contributed by atoms with E-state index in [1.807, 2.05) is 13.0 Å². The van der Waals surface area contributed by atoms with Crippen LogP contribution in [-0.4, -0.2) is 10.2 Å². The molecule has 0 saturated carbocycles. The van der Waals surface area contributed by atoms with Crippen molar-refractivity contribution in [1.82, 2.24) is 10.2 Å². The first-order valence-electron chi connectivity index (χ1n) is 3.75. The molecule has 1 aromatic carbocycles. The highest BCUT2D eigenvalue weighted by atomic mass is 35.5. The molecule has 0 N–H and O–H groups in total. The molecular weight excluding hydrogens is 207 g/mol. The van der Waals surface area contributed by atoms with Crippen LogP contribution >= 0.6 is 23.2 Å². The number of aryl methyl sites for hydroxylation is 1. The van der Waals surface area contributed by atoms with Crippen LogP contribution in [0.4, 0.5) is 0 Å². The monoisotopic (exact) mass is 212 g/mol. The second kappa shape index (κ2) is 3.13. The molecule has 4 heteroatoms. The zero-order valence-corrected chi connectivity index (χ0v) is 8.39. The number of fused-ring (bicyclic) bond motifs is 1. The van der Waals surface area contributed by atoms with Gasteiger partial charge in [-0.2, -0.15) is 10.2 Å². The van der Waals surface area contributed by atoms with Gasteiger partial charge in [0.25, 0.3) is 0 Å². The summed E-state index contributed by atoms with van der Waals surface area (Å²) in [6.45, 7) is 1.88. The van der Waals surface area contributed by atoms with Gasteiger partial charge in [-0.25, -0.2) is 0 Å². The molecule has 2 aromatic rings. The van der Waals surface area contributed by atoms with E-state index < -0.39 is 0 Å². The molecule has 1 heterocycles. The van der Waals surface area contributed by atoms with Crippen molar-refractivity contribution in [3.05, 3.63) is 34.1 Å². The smallest absolute Gasteiger partial charge is 0.0679 e. The Morgan fingerprint density at radius 3 is 2.69 bits per heavy atom. The fourth-order valence-corrected chi connectivity index (χ4v) is 1.78. The predicted molar refractivity (Wildman–Crippen MR) is 54.3 cm³/mol. The van der Waals surface area contributed by atoms with Crippen molar-refractivity contribution in [3.63, 3.8) is 0 Å². The van der Waals surface area contributed by atoms with Crippen LogP contribution in [0.2, 0.25) is 10.0 Å². The van der Waals surface area contributed by atoms with Crippen molar-refractivity contribution in [2.24, 2.45) is 0 Å². The predicted octanol–water partition coefficient (Wildman–Crippen LogP) is 3.25. The second-order valence-electron chi connectivity index (χ2n) is 2.78. The fourth-order valence-electron chi connectivity index (χ4n) is 1.24. The molecule has 0 amide bonds. The van der Waals surface area contributed by atoms with Crippen molar-refractivity contribution in [3.8, 4) is 0 Å². The maximum atomic E-state index is 5.98. The van der Waals surface area contributed by atoms with E-state index in [2.05, 4.69) is 10.2 Å². The average Bonchev–Trinajstić information content (AvgIpc) is 2.07. The summed E-state index contributed by atoms with van der Waals surface area (Å²) in [5.41, 5.74) is 0.835. The third-order valence-electron chi connectivity index (χ3n) is 1.88. The Hall–Kier alpha value is -0.860. The Morgan fingerprint density at radius 1 is 1.15 bits per heavy atom. The Balaban J connectivity index is 2.94. The van der Waals surface area contributed by atoms with E-state index in [4.69, 9.17) is 23.2 Å². The molecule has 0 unspecified atom stereocenters. The van der Waals surface area contributed by atoms with Crippen LogP contribution in [0.1, 0.15) is 5.69 Å². The zero-order chi connectivity index (χ0) is 9.42. The van der Waals surface area contributed by atoms with E-state index in [0.717, 1.165) is 16.5 Å². The Labute approximate surface area is 85.5 Å². The normalized spacial score (nSPS) is 10.7. The van der Waals surface area contributed by atoms with Crippen molar-refractivity contribution in [2.75, 3.05) is 0 Å². The second-order valence-corrected chi connectivity index (χ2v) is 3.62. The summed E-state index contributed by atoms with van der Waals surface area (Å²) in [7, 11) is 0. The number of nitrogens with zero attached hydrogens (tertiary/aromatic N) is 2. The molecule has 0 spiro atoms. The lowest BCUT2D eigenvalue weighted by molar-refractivity contribution is 1.00. The molecule has 2 nitrogen and oxygen atoms in total. The number of rotatable bonds is 0. The summed E-state index contributed by atoms with van der Waals surface area (Å²) < 4.78 is 0. The summed E-state index contributed by atoms with van der Waals surface area (Å²) in [4.78, 5) is 0. The van der Waals surface area contributed by atoms with E-state index in [9.17, 15) is 0 Å². The lowest BCUT2D eigenvalue weighted by Crippen LogP contribution is -1.88. The Bertz CT molecular complexity index is 468. The highest BCUT2D eigenvalue weighted by molar-refractivity contribution is 6.38. The van der Waals surface area contributed by atoms with E-state index in [1.165, 1.54) is 0 Å². The summed E-state index contributed by atoms with van der Waals surface area (Å²) in [5, 5.41) is 10.8. The quantitative estimate of drug-likeness (QED) is 0.671. The number of halogens is 2. The molecule has 66 valence electrons. The standard InChI is InChI=1S/C9H6Cl2N2/c1-5-7-2-6(10)3-9(11)8(7)4-12-13-5/h2-4H,1H3. The SMILES string of the molecule is Cc1nncc2c(Cl)cc(Cl)cc12. The van der Waals surface area contributed by atoms with Crippen molar-refractivity contribution < 1.29 is 0 Å². The van der Waals surface area contributed by atoms with Gasteiger partial charge in [0.05, 0.1) is 16.9 Å². The van der Waals surface area contributed by atoms with Gasteiger partial charge in [-0.1, -0.05) is 23.2 Å². The molecule has 0 fully saturated rings. The van der Waals surface area contributed by atoms with Crippen molar-refractivity contribution >= 4 is 34.0 Å². The van der Waals surface area contributed by atoms with E-state index in [-0.39, 0.29) is 0 Å². The van der Waals surface area contributed by atoms with Crippen LogP contribution in [-0.2, 0) is 0 Å². The van der Waals surface area contributed by atoms with Gasteiger partial charge in [0, 0.05) is 15.8 Å². The Kier molecular flexibility index (Phi) is 2.10. The summed E-state index contributed by atoms with van der Waals surface area (Å²) in [6.07, 6.45) is 1.64. The third kappa shape index (κ3) is 1.47. The number of aromatic nitrogens is 2. The van der Waals surface area contributed by atoms with Crippen LogP contribution in [0.3, 0.4) is 0 Å². The van der Waals surface area contributed by atoms with E-state index in [1.54, 1.807) is 12.3 Å². The van der Waals surface area contributed by atoms with E-state index in [0.29, 0.717) is 10.0 Å². The molecule has 0 aliphatic rings. The first-order chi connectivity index (χ1) is 6.18. The summed E-state index contributed by atoms with van der Waals surface area (Å²) in [5.74, 6) is 0. The Morgan fingerprint density at radius 2 is 1.92 bits per heavy atom. The van der Waals surface area contributed by atoms with Crippen LogP contribution in [0, 0.1) is 6.92 Å². The molecule has 0 atom stereocenters. The number of benzene rings is 1. The van der Waals surface area contributed by atoms with Gasteiger partial charge in [0.2, 0.25) is 0 Å². The number of hydrogen-bond donors (Lipinski definition) is 0. The molecule has 1 aromatic heterocycles. The van der Waals surface area contributed by atoms with E-state index >= 15 is 0 Å². The third-order valence-corrected chi connectivity index (χ3v) is 2.41. The van der Waals surface area contributed by atoms with Crippen molar-refractivity contribution in [2.45, 2.75) is 6.92 Å². The van der Waals surface area contributed by atoms with Gasteiger partial charge in [0.15, 0.2) is 0 Å². The summed E-state index contributed by atoms with van der Waals surface area (Å²) in [6, 6.07) is 3.54. The molecule has 0 aliphatic heterocycles. The minimum absolute atomic E-state index is 0.612. The molecular formula is C9H6Cl2N2. The van der Waals surface area contributed by atoms with Gasteiger partial charge in [-0.3, -0.25) is 0 Å². The molecule has 0 radical (unpaired) electrons. The van der Waals surface area contributed by atoms with Crippen molar-refractivity contribution in [1.29, 1.82) is 0 Å². The highest BCUT2D eigenvalue weighted by Gasteiger charge is 2.04. The van der Waals surface area contributed by atoms with Gasteiger partial charge >= 0.3 is 0 Å². The highest BCUT2D eigenvalue weighted by Crippen LogP contribution is 2.27. The van der Waals surface area contributed by atoms with Crippen LogP contribution < -0.4 is 0 Å². The zero-order valence-electron chi connectivity index (χ0n) is 6.88. The average molecular weight is 213 g/mol. The van der Waals surface area contributed by atoms with Gasteiger partial charge in [-0.15, -0.1) is 0 Å². The lowest BCUT2D eigenvalue weighted by atomic mass is 10.1. The largest absolute Gasteiger partial charge is 0.158 e. The van der Waals surface area contributed by atoms with Gasteiger partial charge < -0.3 is 0 Å². The molecule has 0 aliphatic carbocycles. The first kappa shape index (κ1) is 8.73. The van der Waals surface area contributed by atoms with Crippen LogP contribution in [0.25, 0.3) is 10.8 Å². The first-order valence-corrected chi connectivity index (χ1v) is 4.51. The van der Waals surface area contributed by atoms with Crippen LogP contribution in [0.5, 0.6) is 0 Å². The molecule has 2 rings (SSSR count). The minimum Gasteiger partial charge on any atom is -0.158 e. The maximum Gasteiger partial charge on any atom is 0.0679 e. The van der Waals surface area contributed by atoms with Gasteiger partial charge in [-0.05, 0) is 19.1 Å². The molecule has 0 bridgehead atoms. The van der Waals surface area contributed by atoms with Crippen LogP contribution in [0.15, 0.2) is 18.3 Å². The summed E-state index contributed by atoms with van der Waals surface area (Å²) >= 11 is 11.8. The fraction of sp³-hybridized carbons (Fsp3) is 0.111. The molecule has 0 saturated heterocycles. The number of hydrogen-bond acceptors (Lipinski definition) is 2. The molecule has 13 heavy (non-hydrogen) atoms. The maximum absolute atomic E-state index is 5.98. The van der Waals surface area contributed by atoms with Gasteiger partial charge in [0.1, 0.15) is 0 Å². The minimum atomic E-state index is 0.612. The topological polar surface area (TPSA) is 25.8 Å². The lowest BCUT2D eigenvalue weighted by Gasteiger charge is -2.02.